The lowest BCUT2D eigenvalue weighted by Crippen LogP contribution is -2.27. The normalized spacial score (nSPS) is 19.3. The third-order valence-corrected chi connectivity index (χ3v) is 6.42. The first kappa shape index (κ1) is 21.1. The van der Waals surface area contributed by atoms with Crippen molar-refractivity contribution in [1.29, 1.82) is 0 Å². The van der Waals surface area contributed by atoms with Gasteiger partial charge in [-0.05, 0) is 36.0 Å². The molecular formula is C19H19BrF2NO4P. The molecule has 1 unspecified atom stereocenters. The van der Waals surface area contributed by atoms with E-state index >= 15 is 0 Å². The predicted octanol–water partition coefficient (Wildman–Crippen LogP) is 4.14. The van der Waals surface area contributed by atoms with Crippen LogP contribution in [0.25, 0.3) is 0 Å². The van der Waals surface area contributed by atoms with E-state index in [0.29, 0.717) is 18.5 Å². The van der Waals surface area contributed by atoms with E-state index in [1.165, 1.54) is 12.1 Å². The zero-order chi connectivity index (χ0) is 20.5. The van der Waals surface area contributed by atoms with Gasteiger partial charge in [-0.3, -0.25) is 9.36 Å². The van der Waals surface area contributed by atoms with Gasteiger partial charge in [0.2, 0.25) is 5.91 Å². The van der Waals surface area contributed by atoms with Gasteiger partial charge in [-0.2, -0.15) is 8.78 Å². The number of hydrogen-bond donors (Lipinski definition) is 3. The Kier molecular flexibility index (Phi) is 6.05. The second-order valence-electron chi connectivity index (χ2n) is 6.80. The number of halogens is 3. The van der Waals surface area contributed by atoms with E-state index in [2.05, 4.69) is 21.2 Å². The summed E-state index contributed by atoms with van der Waals surface area (Å²) in [6, 6.07) is 13.6. The molecule has 150 valence electrons. The molecule has 1 aliphatic carbocycles. The maximum Gasteiger partial charge on any atom is 0.399 e. The van der Waals surface area contributed by atoms with Gasteiger partial charge in [0, 0.05) is 22.5 Å². The molecule has 28 heavy (non-hydrogen) atoms. The zero-order valence-corrected chi connectivity index (χ0v) is 17.2. The van der Waals surface area contributed by atoms with Crippen LogP contribution in [0.15, 0.2) is 53.0 Å². The van der Waals surface area contributed by atoms with Gasteiger partial charge in [0.15, 0.2) is 0 Å². The van der Waals surface area contributed by atoms with Crippen molar-refractivity contribution in [2.24, 2.45) is 5.92 Å². The lowest BCUT2D eigenvalue weighted by atomic mass is 10.1. The van der Waals surface area contributed by atoms with Crippen LogP contribution < -0.4 is 5.32 Å². The maximum absolute atomic E-state index is 13.8. The van der Waals surface area contributed by atoms with Gasteiger partial charge in [-0.15, -0.1) is 0 Å². The van der Waals surface area contributed by atoms with Gasteiger partial charge < -0.3 is 15.1 Å². The fourth-order valence-corrected chi connectivity index (χ4v) is 4.47. The minimum Gasteiger partial charge on any atom is -0.356 e. The highest BCUT2D eigenvalue weighted by Crippen LogP contribution is 2.60. The number of benzene rings is 2. The lowest BCUT2D eigenvalue weighted by molar-refractivity contribution is -0.122. The van der Waals surface area contributed by atoms with Crippen molar-refractivity contribution >= 4 is 29.4 Å². The molecule has 1 fully saturated rings. The number of nitrogens with one attached hydrogen (secondary N) is 1. The first-order valence-electron chi connectivity index (χ1n) is 8.66. The number of alkyl halides is 2. The molecule has 0 aliphatic heterocycles. The molecular weight excluding hydrogens is 455 g/mol. The van der Waals surface area contributed by atoms with Gasteiger partial charge in [0.25, 0.3) is 0 Å². The monoisotopic (exact) mass is 473 g/mol. The number of carbonyl (C=O) groups excluding carboxylic acids is 1. The van der Waals surface area contributed by atoms with E-state index in [1.807, 2.05) is 30.3 Å². The van der Waals surface area contributed by atoms with Gasteiger partial charge >= 0.3 is 13.3 Å². The summed E-state index contributed by atoms with van der Waals surface area (Å²) in [5.74, 6) is 0.167. The molecule has 1 aliphatic rings. The van der Waals surface area contributed by atoms with Crippen LogP contribution in [0.2, 0.25) is 0 Å². The van der Waals surface area contributed by atoms with E-state index < -0.39 is 18.8 Å². The molecule has 0 aromatic heterocycles. The molecule has 2 aromatic carbocycles. The SMILES string of the molecule is O=C(NCCc1ccc(C(F)(F)P(=O)(O)O)c(Br)c1)C1C[C@H]1c1ccccc1. The van der Waals surface area contributed by atoms with Gasteiger partial charge in [-0.25, -0.2) is 0 Å². The fourth-order valence-electron chi connectivity index (χ4n) is 3.13. The van der Waals surface area contributed by atoms with E-state index in [4.69, 9.17) is 9.79 Å². The third kappa shape index (κ3) is 4.51. The summed E-state index contributed by atoms with van der Waals surface area (Å²) in [7, 11) is -5.62. The van der Waals surface area contributed by atoms with Crippen LogP contribution in [-0.4, -0.2) is 22.2 Å². The molecule has 0 saturated heterocycles. The molecule has 9 heteroatoms. The molecule has 1 saturated carbocycles. The molecule has 3 rings (SSSR count). The second-order valence-corrected chi connectivity index (χ2v) is 9.30. The van der Waals surface area contributed by atoms with Crippen molar-refractivity contribution in [3.8, 4) is 0 Å². The minimum absolute atomic E-state index is 0.0300. The van der Waals surface area contributed by atoms with Crippen molar-refractivity contribution < 1.29 is 27.9 Å². The number of amides is 1. The average Bonchev–Trinajstić information content (AvgIpc) is 3.42. The zero-order valence-electron chi connectivity index (χ0n) is 14.7. The van der Waals surface area contributed by atoms with Crippen molar-refractivity contribution in [1.82, 2.24) is 5.32 Å². The Bertz CT molecular complexity index is 919. The largest absolute Gasteiger partial charge is 0.399 e. The highest BCUT2D eigenvalue weighted by Gasteiger charge is 2.51. The Morgan fingerprint density at radius 2 is 1.89 bits per heavy atom. The Hall–Kier alpha value is -1.60. The van der Waals surface area contributed by atoms with E-state index in [-0.39, 0.29) is 22.2 Å². The molecule has 0 spiro atoms. The fraction of sp³-hybridized carbons (Fsp3) is 0.316. The predicted molar refractivity (Wildman–Crippen MR) is 104 cm³/mol. The van der Waals surface area contributed by atoms with E-state index in [0.717, 1.165) is 18.1 Å². The van der Waals surface area contributed by atoms with Crippen LogP contribution >= 0.6 is 23.5 Å². The number of hydrogen-bond acceptors (Lipinski definition) is 2. The Morgan fingerprint density at radius 1 is 1.21 bits per heavy atom. The van der Waals surface area contributed by atoms with Gasteiger partial charge in [0.05, 0.1) is 0 Å². The highest BCUT2D eigenvalue weighted by atomic mass is 79.9. The molecule has 2 atom stereocenters. The second kappa shape index (κ2) is 8.03. The molecule has 0 heterocycles. The Morgan fingerprint density at radius 3 is 2.50 bits per heavy atom. The van der Waals surface area contributed by atoms with E-state index in [1.54, 1.807) is 0 Å². The standard InChI is InChI=1S/C19H19BrF2NO4P/c20-17-10-12(6-7-16(17)19(21,22)28(25,26)27)8-9-23-18(24)15-11-14(15)13-4-2-1-3-5-13/h1-7,10,14-15H,8-9,11H2,(H,23,24)(H2,25,26,27)/t14-,15?/m0/s1. The van der Waals surface area contributed by atoms with Crippen LogP contribution in [0.5, 0.6) is 0 Å². The summed E-state index contributed by atoms with van der Waals surface area (Å²) in [6.07, 6.45) is 1.22. The first-order valence-corrected chi connectivity index (χ1v) is 11.1. The van der Waals surface area contributed by atoms with Gasteiger partial charge in [0.1, 0.15) is 0 Å². The molecule has 3 N–H and O–H groups in total. The third-order valence-electron chi connectivity index (χ3n) is 4.79. The summed E-state index contributed by atoms with van der Waals surface area (Å²) >= 11 is 2.95. The van der Waals surface area contributed by atoms with Crippen molar-refractivity contribution in [3.05, 3.63) is 69.7 Å². The van der Waals surface area contributed by atoms with Crippen LogP contribution in [-0.2, 0) is 21.4 Å². The summed E-state index contributed by atoms with van der Waals surface area (Å²) in [5.41, 5.74) is -3.23. The van der Waals surface area contributed by atoms with Crippen molar-refractivity contribution in [2.75, 3.05) is 6.54 Å². The number of carbonyl (C=O) groups is 1. The Labute approximate surface area is 169 Å². The smallest absolute Gasteiger partial charge is 0.356 e. The van der Waals surface area contributed by atoms with E-state index in [9.17, 15) is 18.1 Å². The number of rotatable bonds is 7. The molecule has 2 aromatic rings. The molecule has 0 bridgehead atoms. The quantitative estimate of drug-likeness (QED) is 0.527. The van der Waals surface area contributed by atoms with Gasteiger partial charge in [-0.1, -0.05) is 58.4 Å². The Balaban J connectivity index is 1.54. The van der Waals surface area contributed by atoms with Crippen molar-refractivity contribution in [2.45, 2.75) is 24.4 Å². The maximum atomic E-state index is 13.8. The highest BCUT2D eigenvalue weighted by molar-refractivity contribution is 9.10. The molecule has 0 radical (unpaired) electrons. The van der Waals surface area contributed by atoms with Crippen LogP contribution in [0.1, 0.15) is 29.0 Å². The average molecular weight is 474 g/mol. The molecule has 5 nitrogen and oxygen atoms in total. The minimum atomic E-state index is -5.62. The molecule has 1 amide bonds. The van der Waals surface area contributed by atoms with Crippen LogP contribution in [0.4, 0.5) is 8.78 Å². The summed E-state index contributed by atoms with van der Waals surface area (Å²) in [4.78, 5) is 29.9. The van der Waals surface area contributed by atoms with Crippen molar-refractivity contribution in [3.63, 3.8) is 0 Å². The van der Waals surface area contributed by atoms with Crippen LogP contribution in [0.3, 0.4) is 0 Å². The topological polar surface area (TPSA) is 86.6 Å². The lowest BCUT2D eigenvalue weighted by Gasteiger charge is -2.19. The van der Waals surface area contributed by atoms with Crippen LogP contribution in [0, 0.1) is 5.92 Å². The first-order chi connectivity index (χ1) is 13.1. The summed E-state index contributed by atoms with van der Waals surface area (Å²) < 4.78 is 38.6. The summed E-state index contributed by atoms with van der Waals surface area (Å²) in [5, 5.41) is 2.85. The summed E-state index contributed by atoms with van der Waals surface area (Å²) in [6.45, 7) is 0.345.